The maximum Gasteiger partial charge on any atom is 0.213 e. The second-order valence-electron chi connectivity index (χ2n) is 2.87. The normalized spacial score (nSPS) is 37.5. The van der Waals surface area contributed by atoms with Crippen molar-refractivity contribution in [3.05, 3.63) is 0 Å². The Morgan fingerprint density at radius 2 is 2.00 bits per heavy atom. The monoisotopic (exact) mass is 156 g/mol. The second kappa shape index (κ2) is 2.89. The van der Waals surface area contributed by atoms with Crippen molar-refractivity contribution in [2.24, 2.45) is 0 Å². The number of hydrogen-bond acceptors (Lipinski definition) is 4. The van der Waals surface area contributed by atoms with Crippen LogP contribution in [-0.2, 0) is 14.3 Å². The van der Waals surface area contributed by atoms with Crippen LogP contribution in [0, 0.1) is 0 Å². The van der Waals surface area contributed by atoms with Gasteiger partial charge in [0.05, 0.1) is 6.54 Å². The molecule has 2 aliphatic heterocycles. The summed E-state index contributed by atoms with van der Waals surface area (Å²) < 4.78 is 10.5. The van der Waals surface area contributed by atoms with E-state index in [2.05, 4.69) is 0 Å². The van der Waals surface area contributed by atoms with Crippen LogP contribution in [0.3, 0.4) is 0 Å². The summed E-state index contributed by atoms with van der Waals surface area (Å²) >= 11 is 0. The van der Waals surface area contributed by atoms with Crippen molar-refractivity contribution in [2.45, 2.75) is 12.2 Å². The van der Waals surface area contributed by atoms with Gasteiger partial charge in [0.2, 0.25) is 6.29 Å². The topological polar surface area (TPSA) is 38.8 Å². The van der Waals surface area contributed by atoms with Crippen LogP contribution in [0.15, 0.2) is 0 Å². The molecule has 2 unspecified atom stereocenters. The van der Waals surface area contributed by atoms with Crippen molar-refractivity contribution in [2.75, 3.05) is 26.4 Å². The fourth-order valence-corrected chi connectivity index (χ4v) is 1.57. The van der Waals surface area contributed by atoms with Crippen LogP contribution in [-0.4, -0.2) is 49.8 Å². The van der Waals surface area contributed by atoms with Crippen LogP contribution in [0.5, 0.6) is 0 Å². The number of rotatable bonds is 2. The molecule has 0 aromatic carbocycles. The standard InChI is InChI=1S/C7H10NO3/c9-2-1-8-3-6-7(4-8)11-5-10-6/h6-7H,1,3-5H2. The minimum atomic E-state index is 0.184. The summed E-state index contributed by atoms with van der Waals surface area (Å²) in [5.41, 5.74) is 0. The maximum atomic E-state index is 10.0. The average molecular weight is 156 g/mol. The van der Waals surface area contributed by atoms with E-state index in [4.69, 9.17) is 9.47 Å². The highest BCUT2D eigenvalue weighted by molar-refractivity contribution is 5.53. The highest BCUT2D eigenvalue weighted by atomic mass is 16.7. The molecular formula is C7H10NO3. The van der Waals surface area contributed by atoms with Gasteiger partial charge in [-0.25, -0.2) is 0 Å². The summed E-state index contributed by atoms with van der Waals surface area (Å²) in [4.78, 5) is 12.0. The summed E-state index contributed by atoms with van der Waals surface area (Å²) in [6.07, 6.45) is 2.23. The molecule has 0 saturated carbocycles. The van der Waals surface area contributed by atoms with Gasteiger partial charge in [-0.3, -0.25) is 9.69 Å². The molecule has 2 rings (SSSR count). The van der Waals surface area contributed by atoms with Gasteiger partial charge < -0.3 is 9.47 Å². The number of carbonyl (C=O) groups excluding carboxylic acids is 1. The van der Waals surface area contributed by atoms with Gasteiger partial charge in [-0.15, -0.1) is 0 Å². The maximum absolute atomic E-state index is 10.0. The number of ether oxygens (including phenoxy) is 2. The first-order valence-corrected chi connectivity index (χ1v) is 3.70. The first kappa shape index (κ1) is 7.21. The number of hydrogen-bond donors (Lipinski definition) is 0. The van der Waals surface area contributed by atoms with E-state index >= 15 is 0 Å². The molecule has 2 atom stereocenters. The molecule has 4 heteroatoms. The third kappa shape index (κ3) is 1.29. The van der Waals surface area contributed by atoms with Crippen molar-refractivity contribution in [3.8, 4) is 0 Å². The minimum Gasteiger partial charge on any atom is -0.348 e. The van der Waals surface area contributed by atoms with Gasteiger partial charge in [0.1, 0.15) is 19.0 Å². The lowest BCUT2D eigenvalue weighted by Crippen LogP contribution is -2.25. The van der Waals surface area contributed by atoms with Gasteiger partial charge in [0, 0.05) is 13.1 Å². The molecule has 0 aliphatic carbocycles. The van der Waals surface area contributed by atoms with Crippen LogP contribution >= 0.6 is 0 Å². The molecule has 0 bridgehead atoms. The van der Waals surface area contributed by atoms with Crippen molar-refractivity contribution in [3.63, 3.8) is 0 Å². The number of fused-ring (bicyclic) bond motifs is 1. The lowest BCUT2D eigenvalue weighted by molar-refractivity contribution is 0.0175. The van der Waals surface area contributed by atoms with Crippen LogP contribution in [0.25, 0.3) is 0 Å². The van der Waals surface area contributed by atoms with Gasteiger partial charge in [-0.1, -0.05) is 0 Å². The lowest BCUT2D eigenvalue weighted by Gasteiger charge is -2.10. The highest BCUT2D eigenvalue weighted by Crippen LogP contribution is 2.21. The molecule has 2 saturated heterocycles. The third-order valence-corrected chi connectivity index (χ3v) is 2.14. The van der Waals surface area contributed by atoms with E-state index in [-0.39, 0.29) is 12.2 Å². The first-order valence-electron chi connectivity index (χ1n) is 3.70. The molecule has 4 nitrogen and oxygen atoms in total. The molecule has 2 heterocycles. The molecule has 61 valence electrons. The molecule has 2 fully saturated rings. The van der Waals surface area contributed by atoms with E-state index in [0.717, 1.165) is 13.1 Å². The zero-order chi connectivity index (χ0) is 7.68. The summed E-state index contributed by atoms with van der Waals surface area (Å²) in [6.45, 7) is 2.40. The molecule has 0 amide bonds. The second-order valence-corrected chi connectivity index (χ2v) is 2.87. The molecule has 0 aromatic heterocycles. The summed E-state index contributed by atoms with van der Waals surface area (Å²) in [5, 5.41) is 0. The Kier molecular flexibility index (Phi) is 1.89. The van der Waals surface area contributed by atoms with Gasteiger partial charge in [0.25, 0.3) is 0 Å². The van der Waals surface area contributed by atoms with Crippen molar-refractivity contribution in [1.82, 2.24) is 4.90 Å². The Labute approximate surface area is 65.1 Å². The fraction of sp³-hybridized carbons (Fsp3) is 0.857. The summed E-state index contributed by atoms with van der Waals surface area (Å²) in [5.74, 6) is 0. The quantitative estimate of drug-likeness (QED) is 0.522. The van der Waals surface area contributed by atoms with Gasteiger partial charge in [-0.2, -0.15) is 0 Å². The summed E-state index contributed by atoms with van der Waals surface area (Å²) in [7, 11) is 0. The Hall–Kier alpha value is -0.450. The molecule has 1 radical (unpaired) electrons. The van der Waals surface area contributed by atoms with E-state index in [1.54, 1.807) is 0 Å². The Morgan fingerprint density at radius 1 is 1.36 bits per heavy atom. The zero-order valence-corrected chi connectivity index (χ0v) is 6.16. The Bertz CT molecular complexity index is 150. The lowest BCUT2D eigenvalue weighted by atomic mass is 10.3. The third-order valence-electron chi connectivity index (χ3n) is 2.14. The smallest absolute Gasteiger partial charge is 0.213 e. The Balaban J connectivity index is 1.89. The van der Waals surface area contributed by atoms with E-state index in [1.807, 2.05) is 11.2 Å². The highest BCUT2D eigenvalue weighted by Gasteiger charge is 2.38. The van der Waals surface area contributed by atoms with Gasteiger partial charge >= 0.3 is 0 Å². The number of likely N-dealkylation sites (tertiary alicyclic amines) is 1. The fourth-order valence-electron chi connectivity index (χ4n) is 1.57. The van der Waals surface area contributed by atoms with Crippen molar-refractivity contribution in [1.29, 1.82) is 0 Å². The van der Waals surface area contributed by atoms with E-state index in [0.29, 0.717) is 13.3 Å². The van der Waals surface area contributed by atoms with Crippen LogP contribution in [0.1, 0.15) is 0 Å². The zero-order valence-electron chi connectivity index (χ0n) is 6.16. The largest absolute Gasteiger partial charge is 0.348 e. The van der Waals surface area contributed by atoms with Crippen LogP contribution in [0.4, 0.5) is 0 Å². The molecule has 0 spiro atoms. The van der Waals surface area contributed by atoms with E-state index in [9.17, 15) is 4.79 Å². The predicted octanol–water partition coefficient (Wildman–Crippen LogP) is -0.847. The molecule has 11 heavy (non-hydrogen) atoms. The first-order chi connectivity index (χ1) is 5.40. The van der Waals surface area contributed by atoms with Crippen molar-refractivity contribution >= 4 is 6.29 Å². The molecule has 0 aromatic rings. The minimum absolute atomic E-state index is 0.184. The average Bonchev–Trinajstić information content (AvgIpc) is 2.46. The molecule has 0 N–H and O–H groups in total. The predicted molar refractivity (Wildman–Crippen MR) is 36.7 cm³/mol. The number of nitrogens with zero attached hydrogens (tertiary/aromatic N) is 1. The van der Waals surface area contributed by atoms with Gasteiger partial charge in [0.15, 0.2) is 0 Å². The van der Waals surface area contributed by atoms with Crippen molar-refractivity contribution < 1.29 is 14.3 Å². The SMILES string of the molecule is O=[C]CN1CC2OCOC2C1. The van der Waals surface area contributed by atoms with Gasteiger partial charge in [-0.05, 0) is 0 Å². The Morgan fingerprint density at radius 3 is 2.55 bits per heavy atom. The van der Waals surface area contributed by atoms with Crippen LogP contribution < -0.4 is 0 Å². The van der Waals surface area contributed by atoms with E-state index < -0.39 is 0 Å². The molecule has 2 aliphatic rings. The molecular weight excluding hydrogens is 146 g/mol. The van der Waals surface area contributed by atoms with E-state index in [1.165, 1.54) is 0 Å². The summed E-state index contributed by atoms with van der Waals surface area (Å²) in [6, 6.07) is 0. The van der Waals surface area contributed by atoms with Crippen LogP contribution in [0.2, 0.25) is 0 Å².